The van der Waals surface area contributed by atoms with Crippen LogP contribution in [0.1, 0.15) is 17.4 Å². The van der Waals surface area contributed by atoms with Crippen molar-refractivity contribution in [3.05, 3.63) is 70.4 Å². The van der Waals surface area contributed by atoms with Gasteiger partial charge in [0.15, 0.2) is 0 Å². The average molecular weight is 284 g/mol. The molecule has 0 saturated carbocycles. The lowest BCUT2D eigenvalue weighted by Gasteiger charge is -2.00. The zero-order valence-corrected chi connectivity index (χ0v) is 12.1. The molecule has 1 aromatic heterocycles. The van der Waals surface area contributed by atoms with Crippen LogP contribution >= 0.6 is 11.3 Å². The second kappa shape index (κ2) is 7.46. The molecule has 0 aliphatic rings. The Morgan fingerprint density at radius 3 is 2.65 bits per heavy atom. The van der Waals surface area contributed by atoms with Crippen LogP contribution in [0, 0.1) is 0 Å². The molecular formula is C17H16O2S. The Kier molecular flexibility index (Phi) is 5.33. The van der Waals surface area contributed by atoms with Gasteiger partial charge >= 0.3 is 5.97 Å². The first kappa shape index (κ1) is 14.3. The van der Waals surface area contributed by atoms with Gasteiger partial charge in [0, 0.05) is 11.0 Å². The molecule has 0 radical (unpaired) electrons. The van der Waals surface area contributed by atoms with Crippen LogP contribution in [0.5, 0.6) is 0 Å². The van der Waals surface area contributed by atoms with Gasteiger partial charge in [0.05, 0.1) is 6.61 Å². The topological polar surface area (TPSA) is 26.3 Å². The number of hydrogen-bond acceptors (Lipinski definition) is 3. The van der Waals surface area contributed by atoms with Gasteiger partial charge in [-0.05, 0) is 29.5 Å². The van der Waals surface area contributed by atoms with Crippen molar-refractivity contribution in [3.63, 3.8) is 0 Å². The minimum Gasteiger partial charge on any atom is -0.463 e. The fraction of sp³-hybridized carbons (Fsp3) is 0.118. The van der Waals surface area contributed by atoms with Crippen molar-refractivity contribution in [2.45, 2.75) is 6.92 Å². The Hall–Kier alpha value is -2.13. The van der Waals surface area contributed by atoms with Gasteiger partial charge in [-0.3, -0.25) is 0 Å². The van der Waals surface area contributed by atoms with Gasteiger partial charge in [-0.15, -0.1) is 11.3 Å². The third-order valence-electron chi connectivity index (χ3n) is 2.62. The molecule has 2 rings (SSSR count). The molecule has 0 amide bonds. The zero-order chi connectivity index (χ0) is 14.2. The number of thiophene rings is 1. The fourth-order valence-corrected chi connectivity index (χ4v) is 2.43. The highest BCUT2D eigenvalue weighted by molar-refractivity contribution is 7.11. The third-order valence-corrected chi connectivity index (χ3v) is 3.54. The summed E-state index contributed by atoms with van der Waals surface area (Å²) in [6.07, 6.45) is 5.47. The number of rotatable bonds is 5. The van der Waals surface area contributed by atoms with Gasteiger partial charge in [-0.2, -0.15) is 0 Å². The van der Waals surface area contributed by atoms with E-state index in [2.05, 4.69) is 0 Å². The molecule has 1 aromatic carbocycles. The minimum atomic E-state index is -0.311. The summed E-state index contributed by atoms with van der Waals surface area (Å²) in [5.41, 5.74) is 1.96. The molecule has 0 fully saturated rings. The van der Waals surface area contributed by atoms with Gasteiger partial charge in [-0.25, -0.2) is 4.79 Å². The molecule has 0 spiro atoms. The molecule has 20 heavy (non-hydrogen) atoms. The van der Waals surface area contributed by atoms with E-state index in [0.717, 1.165) is 16.0 Å². The first-order valence-corrected chi connectivity index (χ1v) is 7.33. The largest absolute Gasteiger partial charge is 0.463 e. The molecule has 0 saturated heterocycles. The number of ether oxygens (including phenoxy) is 1. The van der Waals surface area contributed by atoms with Crippen LogP contribution < -0.4 is 0 Å². The lowest BCUT2D eigenvalue weighted by molar-refractivity contribution is -0.137. The molecule has 1 heterocycles. The summed E-state index contributed by atoms with van der Waals surface area (Å²) in [7, 11) is 0. The molecule has 0 aliphatic carbocycles. The number of hydrogen-bond donors (Lipinski definition) is 0. The van der Waals surface area contributed by atoms with Crippen LogP contribution in [0.3, 0.4) is 0 Å². The Labute approximate surface area is 123 Å². The maximum absolute atomic E-state index is 11.6. The average Bonchev–Trinajstić information content (AvgIpc) is 2.99. The first-order chi connectivity index (χ1) is 9.79. The smallest absolute Gasteiger partial charge is 0.331 e. The Balaban J connectivity index is 2.24. The van der Waals surface area contributed by atoms with Gasteiger partial charge < -0.3 is 4.74 Å². The first-order valence-electron chi connectivity index (χ1n) is 6.45. The van der Waals surface area contributed by atoms with E-state index < -0.39 is 0 Å². The van der Waals surface area contributed by atoms with E-state index >= 15 is 0 Å². The standard InChI is InChI=1S/C17H16O2S/c1-2-19-17(18)13-15(16-9-6-12-20-16)11-10-14-7-4-3-5-8-14/h3-13H,2H2,1H3. The third kappa shape index (κ3) is 4.21. The van der Waals surface area contributed by atoms with Gasteiger partial charge in [0.1, 0.15) is 0 Å². The van der Waals surface area contributed by atoms with Crippen LogP contribution in [0.4, 0.5) is 0 Å². The summed E-state index contributed by atoms with van der Waals surface area (Å²) >= 11 is 1.60. The van der Waals surface area contributed by atoms with Crippen molar-refractivity contribution in [3.8, 4) is 0 Å². The quantitative estimate of drug-likeness (QED) is 0.462. The van der Waals surface area contributed by atoms with Crippen LogP contribution in [0.2, 0.25) is 0 Å². The van der Waals surface area contributed by atoms with E-state index in [-0.39, 0.29) is 5.97 Å². The normalized spacial score (nSPS) is 11.8. The monoisotopic (exact) mass is 284 g/mol. The number of allylic oxidation sites excluding steroid dienone is 2. The van der Waals surface area contributed by atoms with Crippen molar-refractivity contribution in [1.82, 2.24) is 0 Å². The van der Waals surface area contributed by atoms with Crippen molar-refractivity contribution in [2.24, 2.45) is 0 Å². The minimum absolute atomic E-state index is 0.311. The molecule has 0 bridgehead atoms. The molecule has 2 aromatic rings. The highest BCUT2D eigenvalue weighted by Gasteiger charge is 2.03. The molecule has 3 heteroatoms. The molecule has 2 nitrogen and oxygen atoms in total. The SMILES string of the molecule is CCOC(=O)C=C(C=Cc1ccccc1)c1cccs1. The molecule has 0 N–H and O–H groups in total. The van der Waals surface area contributed by atoms with Crippen LogP contribution in [-0.2, 0) is 9.53 Å². The van der Waals surface area contributed by atoms with E-state index in [4.69, 9.17) is 4.74 Å². The van der Waals surface area contributed by atoms with E-state index in [1.807, 2.05) is 60.0 Å². The van der Waals surface area contributed by atoms with Gasteiger partial charge in [0.25, 0.3) is 0 Å². The second-order valence-electron chi connectivity index (χ2n) is 4.07. The maximum atomic E-state index is 11.6. The predicted molar refractivity (Wildman–Crippen MR) is 84.4 cm³/mol. The highest BCUT2D eigenvalue weighted by Crippen LogP contribution is 2.22. The van der Waals surface area contributed by atoms with E-state index in [9.17, 15) is 4.79 Å². The summed E-state index contributed by atoms with van der Waals surface area (Å²) in [5.74, 6) is -0.311. The number of esters is 1. The molecule has 0 aliphatic heterocycles. The van der Waals surface area contributed by atoms with Crippen molar-refractivity contribution in [2.75, 3.05) is 6.61 Å². The van der Waals surface area contributed by atoms with Crippen LogP contribution in [-0.4, -0.2) is 12.6 Å². The van der Waals surface area contributed by atoms with Crippen molar-refractivity contribution in [1.29, 1.82) is 0 Å². The summed E-state index contributed by atoms with van der Waals surface area (Å²) in [5, 5.41) is 1.99. The van der Waals surface area contributed by atoms with Crippen LogP contribution in [0.25, 0.3) is 11.6 Å². The summed E-state index contributed by atoms with van der Waals surface area (Å²) < 4.78 is 4.98. The molecule has 0 atom stereocenters. The van der Waals surface area contributed by atoms with Crippen LogP contribution in [0.15, 0.2) is 60.0 Å². The highest BCUT2D eigenvalue weighted by atomic mass is 32.1. The summed E-state index contributed by atoms with van der Waals surface area (Å²) in [6, 6.07) is 13.9. The van der Waals surface area contributed by atoms with Crippen molar-refractivity contribution < 1.29 is 9.53 Å². The number of carbonyl (C=O) groups is 1. The van der Waals surface area contributed by atoms with Crippen molar-refractivity contribution >= 4 is 29.0 Å². The van der Waals surface area contributed by atoms with E-state index in [1.165, 1.54) is 6.08 Å². The van der Waals surface area contributed by atoms with E-state index in [1.54, 1.807) is 18.3 Å². The Bertz CT molecular complexity index is 595. The lowest BCUT2D eigenvalue weighted by Crippen LogP contribution is -2.00. The van der Waals surface area contributed by atoms with E-state index in [0.29, 0.717) is 6.61 Å². The fourth-order valence-electron chi connectivity index (χ4n) is 1.71. The number of benzene rings is 1. The summed E-state index contributed by atoms with van der Waals surface area (Å²) in [6.45, 7) is 2.19. The maximum Gasteiger partial charge on any atom is 0.331 e. The lowest BCUT2D eigenvalue weighted by atomic mass is 10.1. The zero-order valence-electron chi connectivity index (χ0n) is 11.3. The summed E-state index contributed by atoms with van der Waals surface area (Å²) in [4.78, 5) is 12.7. The van der Waals surface area contributed by atoms with Gasteiger partial charge in [-0.1, -0.05) is 48.6 Å². The second-order valence-corrected chi connectivity index (χ2v) is 5.02. The predicted octanol–water partition coefficient (Wildman–Crippen LogP) is 4.41. The molecule has 0 unspecified atom stereocenters. The Morgan fingerprint density at radius 1 is 1.20 bits per heavy atom. The Morgan fingerprint density at radius 2 is 2.00 bits per heavy atom. The van der Waals surface area contributed by atoms with Gasteiger partial charge in [0.2, 0.25) is 0 Å². The molecular weight excluding hydrogens is 268 g/mol. The molecule has 102 valence electrons. The number of carbonyl (C=O) groups excluding carboxylic acids is 1.